The predicted molar refractivity (Wildman–Crippen MR) is 61.3 cm³/mol. The summed E-state index contributed by atoms with van der Waals surface area (Å²) in [5.74, 6) is -0.202. The number of anilines is 1. The zero-order valence-corrected chi connectivity index (χ0v) is 8.98. The lowest BCUT2D eigenvalue weighted by molar-refractivity contribution is 0.103. The Hall–Kier alpha value is -1.94. The van der Waals surface area contributed by atoms with E-state index in [9.17, 15) is 4.79 Å². The summed E-state index contributed by atoms with van der Waals surface area (Å²) in [4.78, 5) is 19.6. The maximum Gasteiger partial charge on any atom is 0.215 e. The second-order valence-electron chi connectivity index (χ2n) is 3.12. The lowest BCUT2D eigenvalue weighted by Gasteiger charge is -2.03. The number of carbonyl (C=O) groups is 1. The van der Waals surface area contributed by atoms with Crippen molar-refractivity contribution in [1.29, 1.82) is 0 Å². The van der Waals surface area contributed by atoms with Gasteiger partial charge < -0.3 is 5.73 Å². The highest BCUT2D eigenvalue weighted by Crippen LogP contribution is 2.14. The molecule has 1 aromatic heterocycles. The number of halogens is 1. The van der Waals surface area contributed by atoms with Crippen molar-refractivity contribution >= 4 is 23.2 Å². The van der Waals surface area contributed by atoms with Crippen LogP contribution in [0, 0.1) is 0 Å². The molecular weight excluding hydrogens is 226 g/mol. The van der Waals surface area contributed by atoms with E-state index in [1.165, 1.54) is 6.20 Å². The summed E-state index contributed by atoms with van der Waals surface area (Å²) < 4.78 is 0. The highest BCUT2D eigenvalue weighted by molar-refractivity contribution is 6.29. The minimum atomic E-state index is -0.284. The third-order valence-corrected chi connectivity index (χ3v) is 2.20. The highest BCUT2D eigenvalue weighted by atomic mass is 35.5. The van der Waals surface area contributed by atoms with Crippen molar-refractivity contribution in [3.63, 3.8) is 0 Å². The molecule has 4 nitrogen and oxygen atoms in total. The number of hydrogen-bond donors (Lipinski definition) is 1. The van der Waals surface area contributed by atoms with Crippen LogP contribution in [0.25, 0.3) is 0 Å². The van der Waals surface area contributed by atoms with E-state index in [1.807, 2.05) is 6.07 Å². The van der Waals surface area contributed by atoms with E-state index in [0.717, 1.165) is 0 Å². The van der Waals surface area contributed by atoms with Crippen LogP contribution >= 0.6 is 11.6 Å². The van der Waals surface area contributed by atoms with Gasteiger partial charge in [-0.2, -0.15) is 0 Å². The molecule has 0 radical (unpaired) electrons. The minimum Gasteiger partial charge on any atom is -0.382 e. The van der Waals surface area contributed by atoms with Crippen molar-refractivity contribution in [2.75, 3.05) is 5.73 Å². The van der Waals surface area contributed by atoms with E-state index in [0.29, 0.717) is 5.56 Å². The molecule has 0 atom stereocenters. The smallest absolute Gasteiger partial charge is 0.215 e. The van der Waals surface area contributed by atoms with E-state index in [4.69, 9.17) is 17.3 Å². The first-order valence-corrected chi connectivity index (χ1v) is 4.94. The lowest BCUT2D eigenvalue weighted by Crippen LogP contribution is -2.09. The molecule has 0 aliphatic heterocycles. The first-order valence-electron chi connectivity index (χ1n) is 4.56. The van der Waals surface area contributed by atoms with Gasteiger partial charge >= 0.3 is 0 Å². The predicted octanol–water partition coefficient (Wildman–Crippen LogP) is 1.94. The standard InChI is InChI=1S/C11H8ClN3O/c12-8-6-14-11(13)9(15-8)10(16)7-4-2-1-3-5-7/h1-6H,(H2,13,14). The molecule has 1 heterocycles. The Labute approximate surface area is 97.1 Å². The topological polar surface area (TPSA) is 68.9 Å². The molecule has 1 aromatic carbocycles. The van der Waals surface area contributed by atoms with Gasteiger partial charge in [-0.05, 0) is 0 Å². The highest BCUT2D eigenvalue weighted by Gasteiger charge is 2.15. The zero-order chi connectivity index (χ0) is 11.5. The van der Waals surface area contributed by atoms with Crippen LogP contribution in [0.15, 0.2) is 36.5 Å². The van der Waals surface area contributed by atoms with Gasteiger partial charge in [0.25, 0.3) is 0 Å². The van der Waals surface area contributed by atoms with Gasteiger partial charge in [-0.3, -0.25) is 4.79 Å². The number of hydrogen-bond acceptors (Lipinski definition) is 4. The molecule has 0 amide bonds. The molecule has 0 aliphatic carbocycles. The molecule has 0 aliphatic rings. The fraction of sp³-hybridized carbons (Fsp3) is 0. The summed E-state index contributed by atoms with van der Waals surface area (Å²) in [6, 6.07) is 8.72. The van der Waals surface area contributed by atoms with E-state index in [1.54, 1.807) is 24.3 Å². The number of nitrogens with zero attached hydrogens (tertiary/aromatic N) is 2. The number of aromatic nitrogens is 2. The average Bonchev–Trinajstić information content (AvgIpc) is 2.32. The number of nitrogens with two attached hydrogens (primary N) is 1. The van der Waals surface area contributed by atoms with Crippen LogP contribution in [-0.2, 0) is 0 Å². The monoisotopic (exact) mass is 233 g/mol. The van der Waals surface area contributed by atoms with Crippen molar-refractivity contribution in [3.8, 4) is 0 Å². The van der Waals surface area contributed by atoms with Crippen molar-refractivity contribution < 1.29 is 4.79 Å². The average molecular weight is 234 g/mol. The number of nitrogen functional groups attached to an aromatic ring is 1. The third kappa shape index (κ3) is 2.01. The summed E-state index contributed by atoms with van der Waals surface area (Å²) in [6.07, 6.45) is 1.30. The molecule has 2 aromatic rings. The third-order valence-electron chi connectivity index (χ3n) is 2.02. The van der Waals surface area contributed by atoms with Gasteiger partial charge in [0, 0.05) is 5.56 Å². The van der Waals surface area contributed by atoms with Gasteiger partial charge in [-0.25, -0.2) is 9.97 Å². The summed E-state index contributed by atoms with van der Waals surface area (Å²) in [5, 5.41) is 0.147. The Kier molecular flexibility index (Phi) is 2.83. The van der Waals surface area contributed by atoms with Crippen molar-refractivity contribution in [2.45, 2.75) is 0 Å². The second kappa shape index (κ2) is 4.28. The van der Waals surface area contributed by atoms with Crippen molar-refractivity contribution in [2.24, 2.45) is 0 Å². The molecular formula is C11H8ClN3O. The molecule has 5 heteroatoms. The van der Waals surface area contributed by atoms with Crippen molar-refractivity contribution in [3.05, 3.63) is 52.9 Å². The Bertz CT molecular complexity index is 528. The maximum absolute atomic E-state index is 12.0. The second-order valence-corrected chi connectivity index (χ2v) is 3.51. The fourth-order valence-corrected chi connectivity index (χ4v) is 1.40. The van der Waals surface area contributed by atoms with Crippen LogP contribution in [0.4, 0.5) is 5.82 Å². The molecule has 2 N–H and O–H groups in total. The molecule has 0 saturated heterocycles. The molecule has 0 bridgehead atoms. The number of ketones is 1. The summed E-state index contributed by atoms with van der Waals surface area (Å²) in [5.41, 5.74) is 6.16. The maximum atomic E-state index is 12.0. The first-order chi connectivity index (χ1) is 7.68. The molecule has 0 spiro atoms. The van der Waals surface area contributed by atoms with Gasteiger partial charge in [0.15, 0.2) is 11.5 Å². The van der Waals surface area contributed by atoms with Crippen LogP contribution in [-0.4, -0.2) is 15.8 Å². The van der Waals surface area contributed by atoms with Gasteiger partial charge in [0.05, 0.1) is 6.20 Å². The Morgan fingerprint density at radius 3 is 2.62 bits per heavy atom. The van der Waals surface area contributed by atoms with Crippen LogP contribution in [0.5, 0.6) is 0 Å². The molecule has 80 valence electrons. The number of rotatable bonds is 2. The zero-order valence-electron chi connectivity index (χ0n) is 8.22. The quantitative estimate of drug-likeness (QED) is 0.805. The lowest BCUT2D eigenvalue weighted by atomic mass is 10.1. The van der Waals surface area contributed by atoms with E-state index in [2.05, 4.69) is 9.97 Å². The van der Waals surface area contributed by atoms with Crippen LogP contribution in [0.3, 0.4) is 0 Å². The minimum absolute atomic E-state index is 0.0817. The molecule has 16 heavy (non-hydrogen) atoms. The first kappa shape index (κ1) is 10.6. The van der Waals surface area contributed by atoms with E-state index < -0.39 is 0 Å². The Balaban J connectivity index is 2.46. The van der Waals surface area contributed by atoms with Crippen molar-refractivity contribution in [1.82, 2.24) is 9.97 Å². The summed E-state index contributed by atoms with van der Waals surface area (Å²) in [6.45, 7) is 0. The van der Waals surface area contributed by atoms with Gasteiger partial charge in [0.1, 0.15) is 5.15 Å². The number of carbonyl (C=O) groups excluding carboxylic acids is 1. The fourth-order valence-electron chi connectivity index (χ4n) is 1.27. The van der Waals surface area contributed by atoms with Gasteiger partial charge in [-0.15, -0.1) is 0 Å². The number of benzene rings is 1. The SMILES string of the molecule is Nc1ncc(Cl)nc1C(=O)c1ccccc1. The molecule has 2 rings (SSSR count). The van der Waals surface area contributed by atoms with Crippen LogP contribution in [0.1, 0.15) is 16.1 Å². The summed E-state index contributed by atoms with van der Waals surface area (Å²) >= 11 is 5.67. The molecule has 0 unspecified atom stereocenters. The van der Waals surface area contributed by atoms with Crippen LogP contribution < -0.4 is 5.73 Å². The van der Waals surface area contributed by atoms with Crippen LogP contribution in [0.2, 0.25) is 5.15 Å². The Morgan fingerprint density at radius 2 is 1.94 bits per heavy atom. The molecule has 0 fully saturated rings. The normalized spacial score (nSPS) is 10.1. The Morgan fingerprint density at radius 1 is 1.25 bits per heavy atom. The van der Waals surface area contributed by atoms with E-state index in [-0.39, 0.29) is 22.4 Å². The van der Waals surface area contributed by atoms with Gasteiger partial charge in [-0.1, -0.05) is 41.9 Å². The van der Waals surface area contributed by atoms with Gasteiger partial charge in [0.2, 0.25) is 5.78 Å². The summed E-state index contributed by atoms with van der Waals surface area (Å²) in [7, 11) is 0. The van der Waals surface area contributed by atoms with E-state index >= 15 is 0 Å². The molecule has 0 saturated carbocycles. The largest absolute Gasteiger partial charge is 0.382 e.